The van der Waals surface area contributed by atoms with E-state index in [1.807, 2.05) is 0 Å². The smallest absolute Gasteiger partial charge is 0.125 e. The maximum absolute atomic E-state index is 5.90. The molecule has 0 aliphatic carbocycles. The van der Waals surface area contributed by atoms with E-state index in [4.69, 9.17) is 15.5 Å². The van der Waals surface area contributed by atoms with Gasteiger partial charge in [-0.3, -0.25) is 0 Å². The molecular weight excluding hydrogens is 244 g/mol. The van der Waals surface area contributed by atoms with Crippen molar-refractivity contribution in [3.05, 3.63) is 16.1 Å². The number of nitrogens with zero attached hydrogens (tertiary/aromatic N) is 1. The maximum atomic E-state index is 5.90. The lowest BCUT2D eigenvalue weighted by Gasteiger charge is -2.28. The predicted molar refractivity (Wildman–Crippen MR) is 78.1 cm³/mol. The molecule has 1 aromatic rings. The van der Waals surface area contributed by atoms with E-state index < -0.39 is 0 Å². The Labute approximate surface area is 115 Å². The van der Waals surface area contributed by atoms with Gasteiger partial charge < -0.3 is 10.5 Å². The number of nitrogens with two attached hydrogens (primary N) is 1. The number of aromatic nitrogens is 1. The molecule has 1 atom stereocenters. The van der Waals surface area contributed by atoms with Gasteiger partial charge in [-0.1, -0.05) is 27.7 Å². The number of methoxy groups -OCH3 is 1. The molecule has 2 N–H and O–H groups in total. The zero-order valence-electron chi connectivity index (χ0n) is 12.2. The first-order chi connectivity index (χ1) is 8.51. The van der Waals surface area contributed by atoms with Crippen molar-refractivity contribution in [2.75, 3.05) is 13.7 Å². The van der Waals surface area contributed by atoms with Gasteiger partial charge in [0.25, 0.3) is 0 Å². The number of rotatable bonds is 7. The van der Waals surface area contributed by atoms with Crippen molar-refractivity contribution in [2.24, 2.45) is 5.73 Å². The van der Waals surface area contributed by atoms with Crippen molar-refractivity contribution in [1.82, 2.24) is 4.98 Å². The fraction of sp³-hybridized carbons (Fsp3) is 0.786. The Morgan fingerprint density at radius 1 is 1.28 bits per heavy atom. The van der Waals surface area contributed by atoms with Crippen LogP contribution in [-0.2, 0) is 15.8 Å². The number of hydrogen-bond acceptors (Lipinski definition) is 4. The normalized spacial score (nSPS) is 15.7. The van der Waals surface area contributed by atoms with Crippen LogP contribution in [0.2, 0.25) is 0 Å². The molecule has 0 aliphatic rings. The van der Waals surface area contributed by atoms with Gasteiger partial charge in [-0.2, -0.15) is 0 Å². The molecule has 104 valence electrons. The molecule has 0 fully saturated rings. The fourth-order valence-electron chi connectivity index (χ4n) is 2.12. The van der Waals surface area contributed by atoms with Gasteiger partial charge in [0.1, 0.15) is 10.6 Å². The average molecular weight is 270 g/mol. The van der Waals surface area contributed by atoms with Crippen LogP contribution in [0.25, 0.3) is 0 Å². The second-order valence-corrected chi connectivity index (χ2v) is 5.92. The van der Waals surface area contributed by atoms with Crippen LogP contribution in [0.15, 0.2) is 5.38 Å². The summed E-state index contributed by atoms with van der Waals surface area (Å²) in [6.07, 6.45) is 2.89. The molecule has 1 unspecified atom stereocenters. The molecular formula is C14H26N2OS. The lowest BCUT2D eigenvalue weighted by molar-refractivity contribution is -0.0220. The van der Waals surface area contributed by atoms with Crippen LogP contribution in [0, 0.1) is 0 Å². The monoisotopic (exact) mass is 270 g/mol. The second-order valence-electron chi connectivity index (χ2n) is 5.06. The Kier molecular flexibility index (Phi) is 5.32. The average Bonchev–Trinajstić information content (AvgIpc) is 2.91. The standard InChI is InChI=1S/C14H26N2OS/c1-6-13(4,10-15)11-9-18-12(16-11)14(7-2,8-3)17-5/h9H,6-8,10,15H2,1-5H3. The van der Waals surface area contributed by atoms with E-state index in [9.17, 15) is 0 Å². The third-order valence-corrected chi connectivity index (χ3v) is 5.30. The highest BCUT2D eigenvalue weighted by Gasteiger charge is 2.34. The van der Waals surface area contributed by atoms with Crippen molar-refractivity contribution >= 4 is 11.3 Å². The number of thiazole rings is 1. The summed E-state index contributed by atoms with van der Waals surface area (Å²) < 4.78 is 5.73. The lowest BCUT2D eigenvalue weighted by Crippen LogP contribution is -2.32. The summed E-state index contributed by atoms with van der Waals surface area (Å²) in [5.41, 5.74) is 6.76. The summed E-state index contributed by atoms with van der Waals surface area (Å²) >= 11 is 1.70. The van der Waals surface area contributed by atoms with Gasteiger partial charge in [-0.15, -0.1) is 11.3 Å². The summed E-state index contributed by atoms with van der Waals surface area (Å²) in [7, 11) is 1.77. The molecule has 0 aliphatic heterocycles. The molecule has 0 saturated carbocycles. The van der Waals surface area contributed by atoms with Crippen LogP contribution >= 0.6 is 11.3 Å². The SMILES string of the molecule is CCC(C)(CN)c1csc(C(CC)(CC)OC)n1. The quantitative estimate of drug-likeness (QED) is 0.825. The van der Waals surface area contributed by atoms with Crippen LogP contribution in [0.1, 0.15) is 57.7 Å². The van der Waals surface area contributed by atoms with Crippen molar-refractivity contribution in [3.8, 4) is 0 Å². The Morgan fingerprint density at radius 3 is 2.28 bits per heavy atom. The minimum atomic E-state index is -0.230. The third kappa shape index (κ3) is 2.60. The molecule has 0 spiro atoms. The van der Waals surface area contributed by atoms with E-state index in [0.717, 1.165) is 30.0 Å². The zero-order chi connectivity index (χ0) is 13.8. The Morgan fingerprint density at radius 2 is 1.89 bits per heavy atom. The van der Waals surface area contributed by atoms with Crippen molar-refractivity contribution in [1.29, 1.82) is 0 Å². The van der Waals surface area contributed by atoms with Crippen LogP contribution in [0.5, 0.6) is 0 Å². The molecule has 1 aromatic heterocycles. The van der Waals surface area contributed by atoms with Gasteiger partial charge in [0.05, 0.1) is 5.69 Å². The molecule has 1 rings (SSSR count). The van der Waals surface area contributed by atoms with Crippen molar-refractivity contribution < 1.29 is 4.74 Å². The van der Waals surface area contributed by atoms with Gasteiger partial charge in [0, 0.05) is 24.4 Å². The molecule has 0 saturated heterocycles. The summed E-state index contributed by atoms with van der Waals surface area (Å²) in [5, 5.41) is 3.23. The van der Waals surface area contributed by atoms with Gasteiger partial charge in [0.15, 0.2) is 0 Å². The highest BCUT2D eigenvalue weighted by Crippen LogP contribution is 2.37. The third-order valence-electron chi connectivity index (χ3n) is 4.28. The summed E-state index contributed by atoms with van der Waals surface area (Å²) in [6, 6.07) is 0. The number of ether oxygens (including phenoxy) is 1. The molecule has 4 heteroatoms. The minimum Gasteiger partial charge on any atom is -0.371 e. The molecule has 3 nitrogen and oxygen atoms in total. The first-order valence-electron chi connectivity index (χ1n) is 6.73. The highest BCUT2D eigenvalue weighted by atomic mass is 32.1. The minimum absolute atomic E-state index is 0.0181. The Balaban J connectivity index is 3.12. The largest absolute Gasteiger partial charge is 0.371 e. The first-order valence-corrected chi connectivity index (χ1v) is 7.61. The summed E-state index contributed by atoms with van der Waals surface area (Å²) in [4.78, 5) is 4.82. The van der Waals surface area contributed by atoms with Crippen LogP contribution in [0.3, 0.4) is 0 Å². The second kappa shape index (κ2) is 6.13. The molecule has 0 amide bonds. The molecule has 0 radical (unpaired) electrons. The van der Waals surface area contributed by atoms with Gasteiger partial charge in [-0.25, -0.2) is 4.98 Å². The molecule has 0 aromatic carbocycles. The van der Waals surface area contributed by atoms with Crippen LogP contribution in [0.4, 0.5) is 0 Å². The van der Waals surface area contributed by atoms with E-state index in [1.165, 1.54) is 0 Å². The van der Waals surface area contributed by atoms with Crippen LogP contribution < -0.4 is 5.73 Å². The predicted octanol–water partition coefficient (Wildman–Crippen LogP) is 3.43. The topological polar surface area (TPSA) is 48.1 Å². The van der Waals surface area contributed by atoms with Gasteiger partial charge in [-0.05, 0) is 19.3 Å². The lowest BCUT2D eigenvalue weighted by atomic mass is 9.85. The Hall–Kier alpha value is -0.450. The van der Waals surface area contributed by atoms with Gasteiger partial charge >= 0.3 is 0 Å². The van der Waals surface area contributed by atoms with Crippen molar-refractivity contribution in [3.63, 3.8) is 0 Å². The van der Waals surface area contributed by atoms with E-state index in [1.54, 1.807) is 18.4 Å². The van der Waals surface area contributed by atoms with E-state index in [2.05, 4.69) is 33.1 Å². The highest BCUT2D eigenvalue weighted by molar-refractivity contribution is 7.09. The zero-order valence-corrected chi connectivity index (χ0v) is 13.1. The molecule has 0 bridgehead atoms. The van der Waals surface area contributed by atoms with E-state index in [0.29, 0.717) is 6.54 Å². The first kappa shape index (κ1) is 15.6. The Bertz CT molecular complexity index is 359. The summed E-state index contributed by atoms with van der Waals surface area (Å²) in [6.45, 7) is 9.27. The number of hydrogen-bond donors (Lipinski definition) is 1. The van der Waals surface area contributed by atoms with Crippen LogP contribution in [-0.4, -0.2) is 18.6 Å². The van der Waals surface area contributed by atoms with E-state index >= 15 is 0 Å². The van der Waals surface area contributed by atoms with E-state index in [-0.39, 0.29) is 11.0 Å². The summed E-state index contributed by atoms with van der Waals surface area (Å²) in [5.74, 6) is 0. The maximum Gasteiger partial charge on any atom is 0.125 e. The van der Waals surface area contributed by atoms with Gasteiger partial charge in [0.2, 0.25) is 0 Å². The molecule has 1 heterocycles. The molecule has 18 heavy (non-hydrogen) atoms. The fourth-order valence-corrected chi connectivity index (χ4v) is 3.42. The van der Waals surface area contributed by atoms with Crippen molar-refractivity contribution in [2.45, 2.75) is 58.0 Å².